The van der Waals surface area contributed by atoms with Crippen LogP contribution in [0.4, 0.5) is 0 Å². The van der Waals surface area contributed by atoms with Crippen molar-refractivity contribution >= 4 is 45.9 Å². The molecular formula is C34H30ClN3O2S. The van der Waals surface area contributed by atoms with Gasteiger partial charge < -0.3 is 9.30 Å². The van der Waals surface area contributed by atoms with Gasteiger partial charge in [-0.25, -0.2) is 5.01 Å². The maximum atomic E-state index is 13.8. The summed E-state index contributed by atoms with van der Waals surface area (Å²) in [7, 11) is 1.66. The molecule has 0 aliphatic carbocycles. The molecule has 4 aromatic carbocycles. The van der Waals surface area contributed by atoms with Crippen molar-refractivity contribution in [3.63, 3.8) is 0 Å². The number of aromatic nitrogens is 1. The molecule has 0 bridgehead atoms. The predicted molar refractivity (Wildman–Crippen MR) is 168 cm³/mol. The smallest absolute Gasteiger partial charge is 0.253 e. The van der Waals surface area contributed by atoms with Crippen LogP contribution in [0, 0.1) is 6.92 Å². The van der Waals surface area contributed by atoms with Crippen molar-refractivity contribution in [2.45, 2.75) is 30.8 Å². The highest BCUT2D eigenvalue weighted by Gasteiger charge is 2.33. The summed E-state index contributed by atoms with van der Waals surface area (Å²) in [5.41, 5.74) is 6.47. The molecule has 1 aliphatic rings. The van der Waals surface area contributed by atoms with Crippen LogP contribution in [0.25, 0.3) is 10.9 Å². The van der Waals surface area contributed by atoms with Gasteiger partial charge in [0, 0.05) is 40.0 Å². The van der Waals surface area contributed by atoms with Crippen LogP contribution >= 0.6 is 23.4 Å². The van der Waals surface area contributed by atoms with Crippen LogP contribution < -0.4 is 4.74 Å². The number of hydrogen-bond acceptors (Lipinski definition) is 4. The molecule has 2 heterocycles. The Hall–Kier alpha value is -4.00. The fraction of sp³-hybridized carbons (Fsp3) is 0.176. The summed E-state index contributed by atoms with van der Waals surface area (Å²) < 4.78 is 7.56. The maximum Gasteiger partial charge on any atom is 0.253 e. The number of para-hydroxylation sites is 1. The average molecular weight is 580 g/mol. The zero-order valence-corrected chi connectivity index (χ0v) is 24.5. The van der Waals surface area contributed by atoms with Crippen LogP contribution in [-0.4, -0.2) is 34.1 Å². The number of rotatable bonds is 8. The zero-order valence-electron chi connectivity index (χ0n) is 23.0. The number of amides is 1. The summed E-state index contributed by atoms with van der Waals surface area (Å²) in [4.78, 5) is 14.8. The number of nitrogens with zero attached hydrogens (tertiary/aromatic N) is 3. The third-order valence-electron chi connectivity index (χ3n) is 7.42. The van der Waals surface area contributed by atoms with Gasteiger partial charge >= 0.3 is 0 Å². The maximum absolute atomic E-state index is 13.8. The molecule has 5 nitrogen and oxygen atoms in total. The minimum atomic E-state index is -0.146. The van der Waals surface area contributed by atoms with Gasteiger partial charge in [-0.05, 0) is 66.1 Å². The lowest BCUT2D eigenvalue weighted by Gasteiger charge is -2.22. The van der Waals surface area contributed by atoms with Crippen molar-refractivity contribution in [1.82, 2.24) is 9.58 Å². The topological polar surface area (TPSA) is 46.8 Å². The number of carbonyl (C=O) groups excluding carboxylic acids is 1. The van der Waals surface area contributed by atoms with E-state index in [-0.39, 0.29) is 17.7 Å². The molecule has 0 fully saturated rings. The lowest BCUT2D eigenvalue weighted by atomic mass is 9.97. The predicted octanol–water partition coefficient (Wildman–Crippen LogP) is 8.13. The molecule has 206 valence electrons. The average Bonchev–Trinajstić information content (AvgIpc) is 3.60. The number of methoxy groups -OCH3 is 1. The fourth-order valence-corrected chi connectivity index (χ4v) is 6.26. The van der Waals surface area contributed by atoms with E-state index in [1.54, 1.807) is 23.9 Å². The second-order valence-electron chi connectivity index (χ2n) is 10.2. The van der Waals surface area contributed by atoms with Gasteiger partial charge in [-0.15, -0.1) is 11.8 Å². The summed E-state index contributed by atoms with van der Waals surface area (Å²) >= 11 is 7.65. The van der Waals surface area contributed by atoms with E-state index in [4.69, 9.17) is 21.4 Å². The van der Waals surface area contributed by atoms with E-state index in [0.29, 0.717) is 6.42 Å². The summed E-state index contributed by atoms with van der Waals surface area (Å²) in [6.45, 7) is 2.80. The normalized spacial score (nSPS) is 14.9. The third-order valence-corrected chi connectivity index (χ3v) is 8.70. The fourth-order valence-electron chi connectivity index (χ4n) is 5.20. The van der Waals surface area contributed by atoms with Crippen molar-refractivity contribution in [3.8, 4) is 5.75 Å². The number of aryl methyl sites for hydroxylation is 1. The van der Waals surface area contributed by atoms with Gasteiger partial charge in [0.25, 0.3) is 5.91 Å². The quantitative estimate of drug-likeness (QED) is 0.174. The number of hydrazone groups is 1. The van der Waals surface area contributed by atoms with Gasteiger partial charge in [0.1, 0.15) is 5.75 Å². The van der Waals surface area contributed by atoms with Crippen molar-refractivity contribution in [2.24, 2.45) is 5.10 Å². The standard InChI is InChI=1S/C34H30ClN3O2S/c1-23-7-11-26(12-8-23)32-19-30(25-13-17-28(40-2)18-14-25)36-38(32)34(39)22-41-33-21-37(31-6-4-3-5-29(31)33)20-24-9-15-27(35)16-10-24/h3-18,21,32H,19-20,22H2,1-2H3. The molecule has 6 rings (SSSR count). The zero-order chi connectivity index (χ0) is 28.3. The second-order valence-corrected chi connectivity index (χ2v) is 11.7. The van der Waals surface area contributed by atoms with Gasteiger partial charge in [0.15, 0.2) is 0 Å². The highest BCUT2D eigenvalue weighted by molar-refractivity contribution is 8.00. The molecule has 5 aromatic rings. The van der Waals surface area contributed by atoms with E-state index in [1.165, 1.54) is 11.1 Å². The van der Waals surface area contributed by atoms with E-state index in [2.05, 4.69) is 54.1 Å². The van der Waals surface area contributed by atoms with Crippen LogP contribution in [0.2, 0.25) is 5.02 Å². The van der Waals surface area contributed by atoms with E-state index in [9.17, 15) is 4.79 Å². The molecule has 0 N–H and O–H groups in total. The Labute approximate surface area is 249 Å². The number of ether oxygens (including phenoxy) is 1. The van der Waals surface area contributed by atoms with Crippen LogP contribution in [0.1, 0.15) is 34.7 Å². The molecule has 0 spiro atoms. The highest BCUT2D eigenvalue weighted by Crippen LogP contribution is 2.36. The summed E-state index contributed by atoms with van der Waals surface area (Å²) in [6, 6.07) is 32.4. The number of thioether (sulfide) groups is 1. The van der Waals surface area contributed by atoms with Crippen molar-refractivity contribution in [1.29, 1.82) is 0 Å². The van der Waals surface area contributed by atoms with Gasteiger partial charge in [0.2, 0.25) is 0 Å². The van der Waals surface area contributed by atoms with Gasteiger partial charge in [0.05, 0.1) is 24.6 Å². The lowest BCUT2D eigenvalue weighted by molar-refractivity contribution is -0.130. The Balaban J connectivity index is 1.25. The number of halogens is 1. The first kappa shape index (κ1) is 27.2. The van der Waals surface area contributed by atoms with E-state index in [1.807, 2.05) is 60.7 Å². The molecule has 1 amide bonds. The van der Waals surface area contributed by atoms with E-state index in [0.717, 1.165) is 50.0 Å². The Kier molecular flexibility index (Phi) is 7.86. The number of fused-ring (bicyclic) bond motifs is 1. The minimum absolute atomic E-state index is 0.0152. The number of carbonyl (C=O) groups is 1. The van der Waals surface area contributed by atoms with Crippen LogP contribution in [-0.2, 0) is 11.3 Å². The van der Waals surface area contributed by atoms with E-state index < -0.39 is 0 Å². The Bertz CT molecular complexity index is 1710. The summed E-state index contributed by atoms with van der Waals surface area (Å²) in [6.07, 6.45) is 2.80. The molecule has 0 saturated heterocycles. The van der Waals surface area contributed by atoms with Crippen LogP contribution in [0.15, 0.2) is 113 Å². The minimum Gasteiger partial charge on any atom is -0.497 e. The molecule has 7 heteroatoms. The SMILES string of the molecule is COc1ccc(C2=NN(C(=O)CSc3cn(Cc4ccc(Cl)cc4)c4ccccc34)C(c3ccc(C)cc3)C2)cc1. The molecule has 0 saturated carbocycles. The van der Waals surface area contributed by atoms with Crippen LogP contribution in [0.5, 0.6) is 5.75 Å². The molecule has 41 heavy (non-hydrogen) atoms. The molecular weight excluding hydrogens is 550 g/mol. The van der Waals surface area contributed by atoms with E-state index >= 15 is 0 Å². The monoisotopic (exact) mass is 579 g/mol. The second kappa shape index (κ2) is 11.9. The molecule has 1 atom stereocenters. The lowest BCUT2D eigenvalue weighted by Crippen LogP contribution is -2.28. The van der Waals surface area contributed by atoms with Crippen molar-refractivity contribution in [3.05, 3.63) is 131 Å². The number of hydrogen-bond donors (Lipinski definition) is 0. The Morgan fingerprint density at radius 3 is 2.44 bits per heavy atom. The molecule has 1 unspecified atom stereocenters. The highest BCUT2D eigenvalue weighted by atomic mass is 35.5. The first-order chi connectivity index (χ1) is 20.0. The first-order valence-corrected chi connectivity index (χ1v) is 14.9. The van der Waals surface area contributed by atoms with Gasteiger partial charge in [-0.2, -0.15) is 5.10 Å². The largest absolute Gasteiger partial charge is 0.497 e. The Morgan fingerprint density at radius 2 is 1.71 bits per heavy atom. The summed E-state index contributed by atoms with van der Waals surface area (Å²) in [5.74, 6) is 1.07. The molecule has 1 aliphatic heterocycles. The van der Waals surface area contributed by atoms with Gasteiger partial charge in [-0.1, -0.05) is 71.8 Å². The van der Waals surface area contributed by atoms with Crippen LogP contribution in [0.3, 0.4) is 0 Å². The Morgan fingerprint density at radius 1 is 0.976 bits per heavy atom. The third kappa shape index (κ3) is 5.90. The first-order valence-electron chi connectivity index (χ1n) is 13.5. The van der Waals surface area contributed by atoms with Gasteiger partial charge in [-0.3, -0.25) is 4.79 Å². The van der Waals surface area contributed by atoms with Crippen molar-refractivity contribution in [2.75, 3.05) is 12.9 Å². The number of benzene rings is 4. The van der Waals surface area contributed by atoms with Crippen molar-refractivity contribution < 1.29 is 9.53 Å². The summed E-state index contributed by atoms with van der Waals surface area (Å²) in [5, 5.41) is 8.42. The molecule has 0 radical (unpaired) electrons. The molecule has 1 aromatic heterocycles.